The van der Waals surface area contributed by atoms with Crippen LogP contribution in [0.2, 0.25) is 0 Å². The summed E-state index contributed by atoms with van der Waals surface area (Å²) in [4.78, 5) is 0. The van der Waals surface area contributed by atoms with Gasteiger partial charge in [-0.3, -0.25) is 0 Å². The van der Waals surface area contributed by atoms with Gasteiger partial charge in [0.2, 0.25) is 0 Å². The van der Waals surface area contributed by atoms with E-state index < -0.39 is 0 Å². The van der Waals surface area contributed by atoms with Crippen molar-refractivity contribution in [1.29, 1.82) is 0 Å². The molecule has 0 unspecified atom stereocenters. The van der Waals surface area contributed by atoms with E-state index in [2.05, 4.69) is 26.0 Å². The zero-order valence-electron chi connectivity index (χ0n) is 7.17. The lowest BCUT2D eigenvalue weighted by Gasteiger charge is -2.02. The van der Waals surface area contributed by atoms with Crippen LogP contribution in [0.5, 0.6) is 0 Å². The standard InChI is InChI=1S/C9H18O/c1-8(2)5-4-6-9(3)7-10/h4-5,8-10H,6-7H2,1-3H3/t9-/m1/s1. The Labute approximate surface area is 63.8 Å². The van der Waals surface area contributed by atoms with Crippen LogP contribution in [0.4, 0.5) is 0 Å². The molecule has 0 bridgehead atoms. The van der Waals surface area contributed by atoms with Gasteiger partial charge in [-0.05, 0) is 18.3 Å². The number of aliphatic hydroxyl groups is 1. The highest BCUT2D eigenvalue weighted by Gasteiger charge is 1.94. The Kier molecular flexibility index (Phi) is 5.32. The lowest BCUT2D eigenvalue weighted by molar-refractivity contribution is 0.238. The minimum absolute atomic E-state index is 0.294. The molecule has 10 heavy (non-hydrogen) atoms. The summed E-state index contributed by atoms with van der Waals surface area (Å²) < 4.78 is 0. The molecule has 0 rings (SSSR count). The Morgan fingerprint density at radius 3 is 2.30 bits per heavy atom. The van der Waals surface area contributed by atoms with Crippen molar-refractivity contribution in [2.45, 2.75) is 27.2 Å². The maximum atomic E-state index is 8.67. The smallest absolute Gasteiger partial charge is 0.0459 e. The molecule has 0 aromatic rings. The third kappa shape index (κ3) is 5.83. The number of rotatable bonds is 4. The van der Waals surface area contributed by atoms with E-state index in [-0.39, 0.29) is 0 Å². The molecule has 1 atom stereocenters. The van der Waals surface area contributed by atoms with Crippen molar-refractivity contribution < 1.29 is 5.11 Å². The van der Waals surface area contributed by atoms with Crippen LogP contribution in [-0.4, -0.2) is 11.7 Å². The zero-order chi connectivity index (χ0) is 7.98. The van der Waals surface area contributed by atoms with Gasteiger partial charge in [-0.15, -0.1) is 0 Å². The normalized spacial score (nSPS) is 14.9. The van der Waals surface area contributed by atoms with E-state index in [0.29, 0.717) is 18.4 Å². The Balaban J connectivity index is 3.33. The van der Waals surface area contributed by atoms with Gasteiger partial charge in [-0.1, -0.05) is 32.9 Å². The molecular formula is C9H18O. The second kappa shape index (κ2) is 5.48. The van der Waals surface area contributed by atoms with Gasteiger partial charge in [0.25, 0.3) is 0 Å². The summed E-state index contributed by atoms with van der Waals surface area (Å²) in [7, 11) is 0. The van der Waals surface area contributed by atoms with E-state index in [4.69, 9.17) is 5.11 Å². The first kappa shape index (κ1) is 9.70. The van der Waals surface area contributed by atoms with Gasteiger partial charge in [0.05, 0.1) is 0 Å². The zero-order valence-corrected chi connectivity index (χ0v) is 7.17. The van der Waals surface area contributed by atoms with Gasteiger partial charge in [0, 0.05) is 6.61 Å². The van der Waals surface area contributed by atoms with Crippen LogP contribution in [0, 0.1) is 11.8 Å². The van der Waals surface area contributed by atoms with Crippen LogP contribution >= 0.6 is 0 Å². The quantitative estimate of drug-likeness (QED) is 0.597. The average molecular weight is 142 g/mol. The molecule has 0 saturated carbocycles. The van der Waals surface area contributed by atoms with Crippen LogP contribution in [0.25, 0.3) is 0 Å². The average Bonchev–Trinajstić information content (AvgIpc) is 1.87. The van der Waals surface area contributed by atoms with E-state index in [1.807, 2.05) is 6.92 Å². The van der Waals surface area contributed by atoms with E-state index in [1.165, 1.54) is 0 Å². The summed E-state index contributed by atoms with van der Waals surface area (Å²) in [6.45, 7) is 6.65. The molecule has 1 N–H and O–H groups in total. The first-order chi connectivity index (χ1) is 4.66. The highest BCUT2D eigenvalue weighted by molar-refractivity contribution is 4.85. The van der Waals surface area contributed by atoms with E-state index in [0.717, 1.165) is 6.42 Å². The van der Waals surface area contributed by atoms with Crippen molar-refractivity contribution in [3.8, 4) is 0 Å². The first-order valence-corrected chi connectivity index (χ1v) is 3.94. The Bertz CT molecular complexity index is 94.9. The van der Waals surface area contributed by atoms with Crippen LogP contribution in [-0.2, 0) is 0 Å². The van der Waals surface area contributed by atoms with Crippen molar-refractivity contribution >= 4 is 0 Å². The summed E-state index contributed by atoms with van der Waals surface area (Å²) in [5.74, 6) is 1.04. The predicted octanol–water partition coefficient (Wildman–Crippen LogP) is 2.22. The summed E-state index contributed by atoms with van der Waals surface area (Å²) in [5.41, 5.74) is 0. The van der Waals surface area contributed by atoms with Crippen LogP contribution in [0.3, 0.4) is 0 Å². The third-order valence-electron chi connectivity index (χ3n) is 1.37. The minimum Gasteiger partial charge on any atom is -0.396 e. The summed E-state index contributed by atoms with van der Waals surface area (Å²) in [5, 5.41) is 8.67. The molecule has 0 aromatic carbocycles. The fourth-order valence-electron chi connectivity index (χ4n) is 0.658. The van der Waals surface area contributed by atoms with Crippen LogP contribution in [0.15, 0.2) is 12.2 Å². The number of allylic oxidation sites excluding steroid dienone is 2. The van der Waals surface area contributed by atoms with Crippen molar-refractivity contribution in [2.24, 2.45) is 11.8 Å². The maximum Gasteiger partial charge on any atom is 0.0459 e. The third-order valence-corrected chi connectivity index (χ3v) is 1.37. The fourth-order valence-corrected chi connectivity index (χ4v) is 0.658. The fraction of sp³-hybridized carbons (Fsp3) is 0.778. The molecule has 0 radical (unpaired) electrons. The highest BCUT2D eigenvalue weighted by atomic mass is 16.3. The number of aliphatic hydroxyl groups excluding tert-OH is 1. The summed E-state index contributed by atoms with van der Waals surface area (Å²) in [6, 6.07) is 0. The minimum atomic E-state index is 0.294. The van der Waals surface area contributed by atoms with Gasteiger partial charge in [-0.25, -0.2) is 0 Å². The summed E-state index contributed by atoms with van der Waals surface area (Å²) >= 11 is 0. The largest absolute Gasteiger partial charge is 0.396 e. The lowest BCUT2D eigenvalue weighted by Crippen LogP contribution is -1.97. The monoisotopic (exact) mass is 142 g/mol. The molecule has 0 heterocycles. The molecule has 0 aliphatic heterocycles. The van der Waals surface area contributed by atoms with Crippen molar-refractivity contribution in [1.82, 2.24) is 0 Å². The van der Waals surface area contributed by atoms with Crippen molar-refractivity contribution in [2.75, 3.05) is 6.61 Å². The molecule has 1 heteroatoms. The topological polar surface area (TPSA) is 20.2 Å². The molecule has 0 aromatic heterocycles. The predicted molar refractivity (Wildman–Crippen MR) is 44.8 cm³/mol. The molecular weight excluding hydrogens is 124 g/mol. The van der Waals surface area contributed by atoms with Gasteiger partial charge >= 0.3 is 0 Å². The van der Waals surface area contributed by atoms with Gasteiger partial charge < -0.3 is 5.11 Å². The van der Waals surface area contributed by atoms with Crippen LogP contribution in [0.1, 0.15) is 27.2 Å². The molecule has 60 valence electrons. The highest BCUT2D eigenvalue weighted by Crippen LogP contribution is 2.03. The van der Waals surface area contributed by atoms with Crippen LogP contribution < -0.4 is 0 Å². The molecule has 1 nitrogen and oxygen atoms in total. The molecule has 0 spiro atoms. The van der Waals surface area contributed by atoms with E-state index >= 15 is 0 Å². The van der Waals surface area contributed by atoms with Crippen molar-refractivity contribution in [3.63, 3.8) is 0 Å². The Morgan fingerprint density at radius 2 is 1.90 bits per heavy atom. The number of hydrogen-bond donors (Lipinski definition) is 1. The number of hydrogen-bond acceptors (Lipinski definition) is 1. The lowest BCUT2D eigenvalue weighted by atomic mass is 10.1. The Hall–Kier alpha value is -0.300. The molecule has 0 aliphatic rings. The van der Waals surface area contributed by atoms with Gasteiger partial charge in [-0.2, -0.15) is 0 Å². The van der Waals surface area contributed by atoms with Gasteiger partial charge in [0.15, 0.2) is 0 Å². The maximum absolute atomic E-state index is 8.67. The van der Waals surface area contributed by atoms with E-state index in [1.54, 1.807) is 0 Å². The van der Waals surface area contributed by atoms with Crippen molar-refractivity contribution in [3.05, 3.63) is 12.2 Å². The van der Waals surface area contributed by atoms with Gasteiger partial charge in [0.1, 0.15) is 0 Å². The SMILES string of the molecule is CC(C)C=CC[C@@H](C)CO. The molecule has 0 amide bonds. The second-order valence-corrected chi connectivity index (χ2v) is 3.20. The summed E-state index contributed by atoms with van der Waals surface area (Å²) in [6.07, 6.45) is 5.31. The first-order valence-electron chi connectivity index (χ1n) is 3.94. The Morgan fingerprint density at radius 1 is 1.30 bits per heavy atom. The van der Waals surface area contributed by atoms with E-state index in [9.17, 15) is 0 Å². The molecule has 0 saturated heterocycles. The second-order valence-electron chi connectivity index (χ2n) is 3.20. The molecule has 0 fully saturated rings. The molecule has 0 aliphatic carbocycles.